The fraction of sp³-hybridized carbons (Fsp3) is 0.364. The van der Waals surface area contributed by atoms with E-state index in [2.05, 4.69) is 66.7 Å². The van der Waals surface area contributed by atoms with Crippen LogP contribution in [0.5, 0.6) is 5.75 Å². The van der Waals surface area contributed by atoms with Crippen LogP contribution in [0.3, 0.4) is 0 Å². The maximum Gasteiger partial charge on any atom is 0.343 e. The molecule has 3 aromatic carbocycles. The molecule has 0 amide bonds. The van der Waals surface area contributed by atoms with Crippen molar-refractivity contribution in [2.45, 2.75) is 72.1 Å². The molecular formula is C33H39NO2. The number of fused-ring (bicyclic) bond motifs is 1. The van der Waals surface area contributed by atoms with Crippen molar-refractivity contribution in [1.29, 1.82) is 0 Å². The normalized spacial score (nSPS) is 16.2. The Morgan fingerprint density at radius 1 is 0.944 bits per heavy atom. The molecule has 3 heteroatoms. The largest absolute Gasteiger partial charge is 0.423 e. The first kappa shape index (κ1) is 25.8. The van der Waals surface area contributed by atoms with E-state index in [9.17, 15) is 4.79 Å². The van der Waals surface area contributed by atoms with Crippen LogP contribution in [0.1, 0.15) is 93.1 Å². The summed E-state index contributed by atoms with van der Waals surface area (Å²) in [6, 6.07) is 19.4. The standard InChI is InChI=1S/C33H39NO2/c1-21(2)16-25-18-29-30(33(6,7)20-32(29,4)5)19-28(25)22(3)17-23-8-10-24(11-9-23)31(35)36-27-14-12-26(34)13-15-27/h8-15,17-19,21H,16,20,34H2,1-7H3. The van der Waals surface area contributed by atoms with E-state index in [1.807, 2.05) is 24.3 Å². The summed E-state index contributed by atoms with van der Waals surface area (Å²) in [6.45, 7) is 16.3. The predicted octanol–water partition coefficient (Wildman–Crippen LogP) is 8.21. The Morgan fingerprint density at radius 3 is 2.11 bits per heavy atom. The predicted molar refractivity (Wildman–Crippen MR) is 151 cm³/mol. The maximum absolute atomic E-state index is 12.6. The first-order valence-corrected chi connectivity index (χ1v) is 12.9. The second-order valence-corrected chi connectivity index (χ2v) is 12.0. The van der Waals surface area contributed by atoms with Gasteiger partial charge in [0.05, 0.1) is 5.56 Å². The second kappa shape index (κ2) is 9.61. The van der Waals surface area contributed by atoms with Crippen molar-refractivity contribution < 1.29 is 9.53 Å². The number of carbonyl (C=O) groups excluding carboxylic acids is 1. The van der Waals surface area contributed by atoms with Gasteiger partial charge in [-0.2, -0.15) is 0 Å². The highest BCUT2D eigenvalue weighted by Crippen LogP contribution is 2.50. The van der Waals surface area contributed by atoms with Crippen molar-refractivity contribution in [2.24, 2.45) is 5.92 Å². The third-order valence-electron chi connectivity index (χ3n) is 7.26. The number of hydrogen-bond donors (Lipinski definition) is 1. The summed E-state index contributed by atoms with van der Waals surface area (Å²) in [6.07, 6.45) is 4.44. The Labute approximate surface area is 216 Å². The van der Waals surface area contributed by atoms with Crippen molar-refractivity contribution >= 4 is 23.3 Å². The minimum absolute atomic E-state index is 0.163. The van der Waals surface area contributed by atoms with Crippen LogP contribution in [0.15, 0.2) is 60.7 Å². The van der Waals surface area contributed by atoms with Gasteiger partial charge in [0.15, 0.2) is 0 Å². The Hall–Kier alpha value is -3.33. The molecule has 3 nitrogen and oxygen atoms in total. The molecular weight excluding hydrogens is 442 g/mol. The van der Waals surface area contributed by atoms with E-state index in [-0.39, 0.29) is 16.8 Å². The maximum atomic E-state index is 12.6. The molecule has 2 N–H and O–H groups in total. The number of rotatable bonds is 6. The molecule has 1 aliphatic rings. The number of allylic oxidation sites excluding steroid dienone is 1. The van der Waals surface area contributed by atoms with E-state index in [0.717, 1.165) is 18.4 Å². The first-order valence-electron chi connectivity index (χ1n) is 12.9. The molecule has 0 saturated carbocycles. The van der Waals surface area contributed by atoms with Crippen molar-refractivity contribution in [1.82, 2.24) is 0 Å². The Balaban J connectivity index is 1.62. The molecule has 0 heterocycles. The summed E-state index contributed by atoms with van der Waals surface area (Å²) in [5, 5.41) is 0. The average molecular weight is 482 g/mol. The average Bonchev–Trinajstić information content (AvgIpc) is 2.97. The highest BCUT2D eigenvalue weighted by atomic mass is 16.5. The van der Waals surface area contributed by atoms with Crippen LogP contribution in [0, 0.1) is 5.92 Å². The molecule has 0 unspecified atom stereocenters. The lowest BCUT2D eigenvalue weighted by Crippen LogP contribution is -2.18. The molecule has 0 bridgehead atoms. The molecule has 4 rings (SSSR count). The highest BCUT2D eigenvalue weighted by molar-refractivity contribution is 5.91. The molecule has 0 aliphatic heterocycles. The van der Waals surface area contributed by atoms with Crippen LogP contribution in [-0.2, 0) is 17.3 Å². The number of nitrogens with two attached hydrogens (primary N) is 1. The van der Waals surface area contributed by atoms with E-state index in [1.165, 1.54) is 27.8 Å². The lowest BCUT2D eigenvalue weighted by molar-refractivity contribution is 0.0735. The summed E-state index contributed by atoms with van der Waals surface area (Å²) < 4.78 is 5.47. The Bertz CT molecular complexity index is 1290. The van der Waals surface area contributed by atoms with Gasteiger partial charge >= 0.3 is 5.97 Å². The van der Waals surface area contributed by atoms with Gasteiger partial charge in [-0.25, -0.2) is 4.79 Å². The molecule has 0 fully saturated rings. The fourth-order valence-electron chi connectivity index (χ4n) is 5.78. The van der Waals surface area contributed by atoms with E-state index >= 15 is 0 Å². The summed E-state index contributed by atoms with van der Waals surface area (Å²) in [5.41, 5.74) is 15.3. The smallest absolute Gasteiger partial charge is 0.343 e. The number of anilines is 1. The van der Waals surface area contributed by atoms with Gasteiger partial charge in [-0.1, -0.05) is 71.9 Å². The van der Waals surface area contributed by atoms with Gasteiger partial charge in [0, 0.05) is 5.69 Å². The van der Waals surface area contributed by atoms with E-state index in [1.54, 1.807) is 24.3 Å². The van der Waals surface area contributed by atoms with Crippen molar-refractivity contribution in [2.75, 3.05) is 5.73 Å². The molecule has 188 valence electrons. The van der Waals surface area contributed by atoms with Gasteiger partial charge in [-0.05, 0) is 106 Å². The number of benzene rings is 3. The molecule has 0 atom stereocenters. The number of ether oxygens (including phenoxy) is 1. The van der Waals surface area contributed by atoms with Crippen LogP contribution >= 0.6 is 0 Å². The first-order chi connectivity index (χ1) is 16.9. The lowest BCUT2D eigenvalue weighted by atomic mass is 9.82. The van der Waals surface area contributed by atoms with Gasteiger partial charge in [0.25, 0.3) is 0 Å². The molecule has 0 radical (unpaired) electrons. The molecule has 3 aromatic rings. The van der Waals surface area contributed by atoms with Crippen molar-refractivity contribution in [3.05, 3.63) is 94.0 Å². The molecule has 0 spiro atoms. The van der Waals surface area contributed by atoms with Gasteiger partial charge in [-0.3, -0.25) is 0 Å². The van der Waals surface area contributed by atoms with Crippen molar-refractivity contribution in [3.63, 3.8) is 0 Å². The van der Waals surface area contributed by atoms with Crippen LogP contribution in [0.4, 0.5) is 5.69 Å². The lowest BCUT2D eigenvalue weighted by Gasteiger charge is -2.22. The third kappa shape index (κ3) is 5.41. The van der Waals surface area contributed by atoms with Crippen LogP contribution in [0.2, 0.25) is 0 Å². The fourth-order valence-corrected chi connectivity index (χ4v) is 5.78. The minimum Gasteiger partial charge on any atom is -0.423 e. The van der Waals surface area contributed by atoms with Crippen molar-refractivity contribution in [3.8, 4) is 5.75 Å². The number of esters is 1. The van der Waals surface area contributed by atoms with Gasteiger partial charge < -0.3 is 10.5 Å². The summed E-state index contributed by atoms with van der Waals surface area (Å²) in [4.78, 5) is 12.6. The molecule has 0 saturated heterocycles. The monoisotopic (exact) mass is 481 g/mol. The van der Waals surface area contributed by atoms with E-state index in [4.69, 9.17) is 10.5 Å². The summed E-state index contributed by atoms with van der Waals surface area (Å²) >= 11 is 0. The van der Waals surface area contributed by atoms with E-state index < -0.39 is 0 Å². The SMILES string of the molecule is CC(=Cc1ccc(C(=O)Oc2ccc(N)cc2)cc1)c1cc2c(cc1CC(C)C)C(C)(C)CC2(C)C. The van der Waals surface area contributed by atoms with Gasteiger partial charge in [-0.15, -0.1) is 0 Å². The highest BCUT2D eigenvalue weighted by Gasteiger charge is 2.42. The second-order valence-electron chi connectivity index (χ2n) is 12.0. The minimum atomic E-state index is -0.380. The van der Waals surface area contributed by atoms with Crippen LogP contribution in [0.25, 0.3) is 11.6 Å². The quantitative estimate of drug-likeness (QED) is 0.167. The summed E-state index contributed by atoms with van der Waals surface area (Å²) in [5.74, 6) is 0.683. The summed E-state index contributed by atoms with van der Waals surface area (Å²) in [7, 11) is 0. The number of nitrogen functional groups attached to an aromatic ring is 1. The van der Waals surface area contributed by atoms with Gasteiger partial charge in [0.2, 0.25) is 0 Å². The van der Waals surface area contributed by atoms with Crippen LogP contribution < -0.4 is 10.5 Å². The Kier molecular flexibility index (Phi) is 6.88. The zero-order chi connectivity index (χ0) is 26.3. The number of hydrogen-bond acceptors (Lipinski definition) is 3. The third-order valence-corrected chi connectivity index (χ3v) is 7.26. The molecule has 36 heavy (non-hydrogen) atoms. The molecule has 1 aliphatic carbocycles. The van der Waals surface area contributed by atoms with Crippen LogP contribution in [-0.4, -0.2) is 5.97 Å². The Morgan fingerprint density at radius 2 is 1.53 bits per heavy atom. The van der Waals surface area contributed by atoms with Gasteiger partial charge in [0.1, 0.15) is 5.75 Å². The zero-order valence-corrected chi connectivity index (χ0v) is 22.7. The molecule has 0 aromatic heterocycles. The zero-order valence-electron chi connectivity index (χ0n) is 22.7. The van der Waals surface area contributed by atoms with E-state index in [0.29, 0.717) is 22.9 Å². The topological polar surface area (TPSA) is 52.3 Å². The number of carbonyl (C=O) groups is 1.